The Balaban J connectivity index is 1.63. The lowest BCUT2D eigenvalue weighted by Gasteiger charge is -2.05. The van der Waals surface area contributed by atoms with Crippen LogP contribution in [-0.4, -0.2) is 25.9 Å². The Labute approximate surface area is 172 Å². The number of nitrogens with one attached hydrogen (secondary N) is 2. The fraction of sp³-hybridized carbons (Fsp3) is 0.100. The molecule has 0 spiro atoms. The molecular weight excluding hydrogens is 416 g/mol. The van der Waals surface area contributed by atoms with Gasteiger partial charge in [0.1, 0.15) is 23.1 Å². The number of halogens is 4. The van der Waals surface area contributed by atoms with Gasteiger partial charge in [0, 0.05) is 47.3 Å². The standard InChI is InChI=1S/C20H14F4N6O/c21-15-4-2-1-3-13(15)16-7-12(31-30-16)5-11-6-14(17(29-11)18(25)26)10-8-27-19(28-9-10)20(22,23)24/h1-4,6-9,29H,5H2,(H3,25,26). The van der Waals surface area contributed by atoms with E-state index in [4.69, 9.17) is 15.7 Å². The molecule has 0 atom stereocenters. The summed E-state index contributed by atoms with van der Waals surface area (Å²) in [5.41, 5.74) is 7.59. The quantitative estimate of drug-likeness (QED) is 0.250. The number of hydrogen-bond donors (Lipinski definition) is 3. The van der Waals surface area contributed by atoms with Gasteiger partial charge in [0.25, 0.3) is 0 Å². The van der Waals surface area contributed by atoms with Crippen molar-refractivity contribution in [2.24, 2.45) is 5.73 Å². The first-order valence-corrected chi connectivity index (χ1v) is 8.89. The number of aromatic amines is 1. The highest BCUT2D eigenvalue weighted by molar-refractivity contribution is 6.00. The minimum atomic E-state index is -4.66. The summed E-state index contributed by atoms with van der Waals surface area (Å²) in [4.78, 5) is 9.62. The molecule has 0 saturated heterocycles. The highest BCUT2D eigenvalue weighted by atomic mass is 19.4. The summed E-state index contributed by atoms with van der Waals surface area (Å²) in [5, 5.41) is 11.6. The van der Waals surface area contributed by atoms with Gasteiger partial charge in [-0.25, -0.2) is 14.4 Å². The van der Waals surface area contributed by atoms with Crippen molar-refractivity contribution >= 4 is 5.84 Å². The topological polar surface area (TPSA) is 117 Å². The number of nitrogens with two attached hydrogens (primary N) is 1. The van der Waals surface area contributed by atoms with Crippen molar-refractivity contribution in [1.82, 2.24) is 20.1 Å². The molecule has 0 unspecified atom stereocenters. The zero-order chi connectivity index (χ0) is 22.2. The molecule has 4 N–H and O–H groups in total. The van der Waals surface area contributed by atoms with Crippen LogP contribution in [0.3, 0.4) is 0 Å². The molecule has 7 nitrogen and oxygen atoms in total. The third kappa shape index (κ3) is 4.15. The molecule has 0 saturated carbocycles. The highest BCUT2D eigenvalue weighted by Gasteiger charge is 2.34. The van der Waals surface area contributed by atoms with Crippen LogP contribution in [0.4, 0.5) is 17.6 Å². The predicted octanol–water partition coefficient (Wildman–Crippen LogP) is 4.16. The molecule has 11 heteroatoms. The van der Waals surface area contributed by atoms with Crippen LogP contribution in [-0.2, 0) is 12.6 Å². The summed E-state index contributed by atoms with van der Waals surface area (Å²) in [5.74, 6) is -1.61. The molecule has 158 valence electrons. The van der Waals surface area contributed by atoms with Gasteiger partial charge in [-0.05, 0) is 18.2 Å². The van der Waals surface area contributed by atoms with Gasteiger partial charge in [-0.1, -0.05) is 17.3 Å². The third-order valence-electron chi connectivity index (χ3n) is 4.43. The number of alkyl halides is 3. The lowest BCUT2D eigenvalue weighted by molar-refractivity contribution is -0.144. The molecule has 0 aliphatic heterocycles. The van der Waals surface area contributed by atoms with E-state index in [-0.39, 0.29) is 29.1 Å². The molecule has 1 aromatic carbocycles. The van der Waals surface area contributed by atoms with Crippen molar-refractivity contribution in [3.63, 3.8) is 0 Å². The SMILES string of the molecule is N=C(N)c1[nH]c(Cc2cc(-c3ccccc3F)no2)cc1-c1cnc(C(F)(F)F)nc1. The van der Waals surface area contributed by atoms with Crippen LogP contribution in [0, 0.1) is 11.2 Å². The largest absolute Gasteiger partial charge is 0.451 e. The maximum atomic E-state index is 13.9. The van der Waals surface area contributed by atoms with E-state index in [9.17, 15) is 17.6 Å². The van der Waals surface area contributed by atoms with Crippen molar-refractivity contribution in [3.8, 4) is 22.4 Å². The molecule has 31 heavy (non-hydrogen) atoms. The molecule has 0 radical (unpaired) electrons. The van der Waals surface area contributed by atoms with E-state index >= 15 is 0 Å². The average Bonchev–Trinajstić information content (AvgIpc) is 3.35. The molecule has 0 fully saturated rings. The fourth-order valence-corrected chi connectivity index (χ4v) is 3.04. The number of rotatable bonds is 5. The van der Waals surface area contributed by atoms with E-state index in [1.807, 2.05) is 0 Å². The molecule has 3 aromatic heterocycles. The smallest absolute Gasteiger partial charge is 0.382 e. The zero-order valence-corrected chi connectivity index (χ0v) is 15.7. The third-order valence-corrected chi connectivity index (χ3v) is 4.43. The Morgan fingerprint density at radius 3 is 2.45 bits per heavy atom. The maximum Gasteiger partial charge on any atom is 0.451 e. The number of aromatic nitrogens is 4. The first-order chi connectivity index (χ1) is 14.7. The second-order valence-corrected chi connectivity index (χ2v) is 6.63. The first kappa shape index (κ1) is 20.3. The van der Waals surface area contributed by atoms with Crippen LogP contribution in [0.15, 0.2) is 53.3 Å². The molecule has 4 rings (SSSR count). The Morgan fingerprint density at radius 2 is 1.81 bits per heavy atom. The monoisotopic (exact) mass is 430 g/mol. The van der Waals surface area contributed by atoms with Gasteiger partial charge in [-0.2, -0.15) is 13.2 Å². The molecule has 0 bridgehead atoms. The summed E-state index contributed by atoms with van der Waals surface area (Å²) < 4.78 is 57.3. The minimum Gasteiger partial charge on any atom is -0.382 e. The van der Waals surface area contributed by atoms with Crippen molar-refractivity contribution in [2.45, 2.75) is 12.6 Å². The van der Waals surface area contributed by atoms with Crippen molar-refractivity contribution in [3.05, 3.63) is 77.6 Å². The molecule has 4 aromatic rings. The van der Waals surface area contributed by atoms with Gasteiger partial charge in [-0.3, -0.25) is 5.41 Å². The molecule has 0 aliphatic rings. The number of hydrogen-bond acceptors (Lipinski definition) is 5. The van der Waals surface area contributed by atoms with Gasteiger partial charge < -0.3 is 15.2 Å². The predicted molar refractivity (Wildman–Crippen MR) is 103 cm³/mol. The summed E-state index contributed by atoms with van der Waals surface area (Å²) in [7, 11) is 0. The van der Waals surface area contributed by atoms with E-state index in [1.165, 1.54) is 6.07 Å². The van der Waals surface area contributed by atoms with Crippen LogP contribution >= 0.6 is 0 Å². The van der Waals surface area contributed by atoms with Crippen LogP contribution in [0.1, 0.15) is 23.0 Å². The second-order valence-electron chi connectivity index (χ2n) is 6.63. The summed E-state index contributed by atoms with van der Waals surface area (Å²) >= 11 is 0. The summed E-state index contributed by atoms with van der Waals surface area (Å²) in [6, 6.07) is 9.31. The molecule has 0 aliphatic carbocycles. The van der Waals surface area contributed by atoms with Gasteiger partial charge in [0.15, 0.2) is 0 Å². The van der Waals surface area contributed by atoms with Crippen molar-refractivity contribution < 1.29 is 22.1 Å². The number of benzene rings is 1. The lowest BCUT2D eigenvalue weighted by atomic mass is 10.1. The van der Waals surface area contributed by atoms with Crippen molar-refractivity contribution in [2.75, 3.05) is 0 Å². The summed E-state index contributed by atoms with van der Waals surface area (Å²) in [6.07, 6.45) is -2.43. The second kappa shape index (κ2) is 7.67. The van der Waals surface area contributed by atoms with E-state index in [1.54, 1.807) is 30.3 Å². The Bertz CT molecular complexity index is 1240. The Hall–Kier alpha value is -4.02. The van der Waals surface area contributed by atoms with E-state index < -0.39 is 17.8 Å². The maximum absolute atomic E-state index is 13.9. The minimum absolute atomic E-state index is 0.198. The molecular formula is C20H14F4N6O. The number of nitrogen functional groups attached to an aromatic ring is 1. The average molecular weight is 430 g/mol. The lowest BCUT2D eigenvalue weighted by Crippen LogP contribution is -2.13. The first-order valence-electron chi connectivity index (χ1n) is 8.89. The van der Waals surface area contributed by atoms with Crippen molar-refractivity contribution in [1.29, 1.82) is 5.41 Å². The van der Waals surface area contributed by atoms with Crippen LogP contribution in [0.5, 0.6) is 0 Å². The zero-order valence-electron chi connectivity index (χ0n) is 15.7. The Morgan fingerprint density at radius 1 is 1.10 bits per heavy atom. The van der Waals surface area contributed by atoms with E-state index in [2.05, 4.69) is 20.1 Å². The Kier molecular flexibility index (Phi) is 5.01. The number of H-pyrrole nitrogens is 1. The molecule has 3 heterocycles. The number of nitrogens with zero attached hydrogens (tertiary/aromatic N) is 3. The van der Waals surface area contributed by atoms with Gasteiger partial charge in [0.2, 0.25) is 5.82 Å². The van der Waals surface area contributed by atoms with E-state index in [0.29, 0.717) is 22.7 Å². The van der Waals surface area contributed by atoms with Crippen LogP contribution < -0.4 is 5.73 Å². The van der Waals surface area contributed by atoms with Crippen LogP contribution in [0.25, 0.3) is 22.4 Å². The highest BCUT2D eigenvalue weighted by Crippen LogP contribution is 2.29. The van der Waals surface area contributed by atoms with Crippen LogP contribution in [0.2, 0.25) is 0 Å². The van der Waals surface area contributed by atoms with Gasteiger partial charge in [0.05, 0.1) is 5.69 Å². The molecule has 0 amide bonds. The van der Waals surface area contributed by atoms with Gasteiger partial charge >= 0.3 is 6.18 Å². The number of amidine groups is 1. The normalized spacial score (nSPS) is 11.6. The van der Waals surface area contributed by atoms with Gasteiger partial charge in [-0.15, -0.1) is 0 Å². The van der Waals surface area contributed by atoms with E-state index in [0.717, 1.165) is 12.4 Å². The fourth-order valence-electron chi connectivity index (χ4n) is 3.04. The summed E-state index contributed by atoms with van der Waals surface area (Å²) in [6.45, 7) is 0.